The van der Waals surface area contributed by atoms with Gasteiger partial charge in [0.2, 0.25) is 0 Å². The fourth-order valence-electron chi connectivity index (χ4n) is 1.47. The minimum absolute atomic E-state index is 0.195. The first-order valence-electron chi connectivity index (χ1n) is 5.10. The van der Waals surface area contributed by atoms with Crippen molar-refractivity contribution >= 4 is 18.6 Å². The summed E-state index contributed by atoms with van der Waals surface area (Å²) < 4.78 is 0. The van der Waals surface area contributed by atoms with Crippen LogP contribution in [0.1, 0.15) is 15.9 Å². The highest BCUT2D eigenvalue weighted by molar-refractivity contribution is 7.79. The summed E-state index contributed by atoms with van der Waals surface area (Å²) in [5, 5.41) is 8.77. The SMILES string of the molecule is O=C(O)c1ccc(-c2ccc(CS)cc2)nc1. The maximum Gasteiger partial charge on any atom is 0.337 e. The second-order valence-electron chi connectivity index (χ2n) is 3.59. The third kappa shape index (κ3) is 2.65. The molecule has 0 aliphatic carbocycles. The van der Waals surface area contributed by atoms with Crippen LogP contribution in [0.15, 0.2) is 42.6 Å². The van der Waals surface area contributed by atoms with E-state index >= 15 is 0 Å². The Hall–Kier alpha value is -1.81. The molecule has 86 valence electrons. The fraction of sp³-hybridized carbons (Fsp3) is 0.0769. The van der Waals surface area contributed by atoms with Crippen LogP contribution in [0.4, 0.5) is 0 Å². The molecule has 4 heteroatoms. The van der Waals surface area contributed by atoms with Crippen LogP contribution in [-0.2, 0) is 5.75 Å². The van der Waals surface area contributed by atoms with Crippen molar-refractivity contribution in [3.8, 4) is 11.3 Å². The lowest BCUT2D eigenvalue weighted by Crippen LogP contribution is -1.97. The summed E-state index contributed by atoms with van der Waals surface area (Å²) in [5.41, 5.74) is 3.06. The van der Waals surface area contributed by atoms with Gasteiger partial charge >= 0.3 is 5.97 Å². The van der Waals surface area contributed by atoms with Gasteiger partial charge in [-0.1, -0.05) is 24.3 Å². The van der Waals surface area contributed by atoms with Gasteiger partial charge in [-0.2, -0.15) is 12.6 Å². The summed E-state index contributed by atoms with van der Waals surface area (Å²) >= 11 is 4.19. The topological polar surface area (TPSA) is 50.2 Å². The zero-order chi connectivity index (χ0) is 12.3. The highest BCUT2D eigenvalue weighted by Crippen LogP contribution is 2.18. The number of benzene rings is 1. The molecule has 0 spiro atoms. The van der Waals surface area contributed by atoms with E-state index in [-0.39, 0.29) is 5.56 Å². The van der Waals surface area contributed by atoms with Crippen molar-refractivity contribution in [2.24, 2.45) is 0 Å². The monoisotopic (exact) mass is 245 g/mol. The summed E-state index contributed by atoms with van der Waals surface area (Å²) in [7, 11) is 0. The number of hydrogen-bond acceptors (Lipinski definition) is 3. The number of hydrogen-bond donors (Lipinski definition) is 2. The summed E-state index contributed by atoms with van der Waals surface area (Å²) in [6, 6.07) is 11.1. The standard InChI is InChI=1S/C13H11NO2S/c15-13(16)11-5-6-12(14-7-11)10-3-1-9(8-17)2-4-10/h1-7,17H,8H2,(H,15,16). The van der Waals surface area contributed by atoms with Gasteiger partial charge in [-0.3, -0.25) is 4.98 Å². The molecule has 0 fully saturated rings. The van der Waals surface area contributed by atoms with Crippen molar-refractivity contribution in [1.29, 1.82) is 0 Å². The quantitative estimate of drug-likeness (QED) is 0.817. The highest BCUT2D eigenvalue weighted by Gasteiger charge is 2.04. The fourth-order valence-corrected chi connectivity index (χ4v) is 1.68. The molecule has 0 aliphatic rings. The average Bonchev–Trinajstić information content (AvgIpc) is 2.39. The van der Waals surface area contributed by atoms with Crippen LogP contribution in [0.25, 0.3) is 11.3 Å². The Balaban J connectivity index is 2.29. The number of pyridine rings is 1. The van der Waals surface area contributed by atoms with Crippen LogP contribution in [0.5, 0.6) is 0 Å². The molecule has 0 radical (unpaired) electrons. The van der Waals surface area contributed by atoms with Gasteiger partial charge in [0.15, 0.2) is 0 Å². The largest absolute Gasteiger partial charge is 0.478 e. The molecular weight excluding hydrogens is 234 g/mol. The third-order valence-electron chi connectivity index (χ3n) is 2.44. The van der Waals surface area contributed by atoms with E-state index in [4.69, 9.17) is 5.11 Å². The molecule has 0 saturated heterocycles. The number of thiol groups is 1. The second kappa shape index (κ2) is 5.01. The van der Waals surface area contributed by atoms with E-state index in [1.807, 2.05) is 24.3 Å². The van der Waals surface area contributed by atoms with Gasteiger partial charge < -0.3 is 5.11 Å². The molecule has 3 nitrogen and oxygen atoms in total. The summed E-state index contributed by atoms with van der Waals surface area (Å²) in [6.07, 6.45) is 1.37. The van der Waals surface area contributed by atoms with E-state index in [2.05, 4.69) is 17.6 Å². The van der Waals surface area contributed by atoms with Crippen molar-refractivity contribution in [3.05, 3.63) is 53.7 Å². The van der Waals surface area contributed by atoms with Crippen molar-refractivity contribution in [1.82, 2.24) is 4.98 Å². The van der Waals surface area contributed by atoms with Crippen molar-refractivity contribution in [2.45, 2.75) is 5.75 Å². The molecular formula is C13H11NO2S. The molecule has 1 heterocycles. The Kier molecular flexibility index (Phi) is 3.44. The Labute approximate surface area is 105 Å². The molecule has 0 aliphatic heterocycles. The van der Waals surface area contributed by atoms with Crippen molar-refractivity contribution in [2.75, 3.05) is 0 Å². The smallest absolute Gasteiger partial charge is 0.337 e. The van der Waals surface area contributed by atoms with E-state index in [0.717, 1.165) is 16.8 Å². The summed E-state index contributed by atoms with van der Waals surface area (Å²) in [4.78, 5) is 14.8. The van der Waals surface area contributed by atoms with Gasteiger partial charge in [0.05, 0.1) is 11.3 Å². The van der Waals surface area contributed by atoms with Gasteiger partial charge in [0.25, 0.3) is 0 Å². The van der Waals surface area contributed by atoms with E-state index in [1.165, 1.54) is 6.20 Å². The van der Waals surface area contributed by atoms with Gasteiger partial charge in [0.1, 0.15) is 0 Å². The number of carboxylic acids is 1. The van der Waals surface area contributed by atoms with Gasteiger partial charge in [0, 0.05) is 17.5 Å². The molecule has 2 aromatic rings. The Morgan fingerprint density at radius 2 is 1.88 bits per heavy atom. The highest BCUT2D eigenvalue weighted by atomic mass is 32.1. The van der Waals surface area contributed by atoms with Crippen molar-refractivity contribution in [3.63, 3.8) is 0 Å². The maximum absolute atomic E-state index is 10.7. The van der Waals surface area contributed by atoms with E-state index < -0.39 is 5.97 Å². The number of rotatable bonds is 3. The summed E-state index contributed by atoms with van der Waals surface area (Å²) in [6.45, 7) is 0. The van der Waals surface area contributed by atoms with Crippen LogP contribution in [-0.4, -0.2) is 16.1 Å². The maximum atomic E-state index is 10.7. The number of carboxylic acid groups (broad SMARTS) is 1. The molecule has 1 aromatic carbocycles. The molecule has 17 heavy (non-hydrogen) atoms. The first kappa shape index (κ1) is 11.7. The van der Waals surface area contributed by atoms with Crippen LogP contribution in [0.3, 0.4) is 0 Å². The molecule has 0 saturated carbocycles. The first-order chi connectivity index (χ1) is 8.20. The molecule has 0 unspecified atom stereocenters. The molecule has 1 N–H and O–H groups in total. The van der Waals surface area contributed by atoms with Crippen LogP contribution < -0.4 is 0 Å². The molecule has 0 amide bonds. The van der Waals surface area contributed by atoms with Crippen LogP contribution in [0, 0.1) is 0 Å². The predicted molar refractivity (Wildman–Crippen MR) is 69.3 cm³/mol. The zero-order valence-corrected chi connectivity index (χ0v) is 9.89. The first-order valence-corrected chi connectivity index (χ1v) is 5.73. The lowest BCUT2D eigenvalue weighted by molar-refractivity contribution is 0.0696. The predicted octanol–water partition coefficient (Wildman–Crippen LogP) is 2.88. The Morgan fingerprint density at radius 3 is 2.35 bits per heavy atom. The molecule has 1 aromatic heterocycles. The van der Waals surface area contributed by atoms with Gasteiger partial charge in [-0.05, 0) is 17.7 Å². The van der Waals surface area contributed by atoms with Crippen molar-refractivity contribution < 1.29 is 9.90 Å². The zero-order valence-electron chi connectivity index (χ0n) is 9.00. The van der Waals surface area contributed by atoms with Gasteiger partial charge in [-0.15, -0.1) is 0 Å². The minimum atomic E-state index is -0.963. The van der Waals surface area contributed by atoms with Crippen LogP contribution in [0.2, 0.25) is 0 Å². The number of nitrogens with zero attached hydrogens (tertiary/aromatic N) is 1. The molecule has 2 rings (SSSR count). The second-order valence-corrected chi connectivity index (χ2v) is 3.91. The lowest BCUT2D eigenvalue weighted by atomic mass is 10.1. The normalized spacial score (nSPS) is 10.2. The average molecular weight is 245 g/mol. The minimum Gasteiger partial charge on any atom is -0.478 e. The van der Waals surface area contributed by atoms with Gasteiger partial charge in [-0.25, -0.2) is 4.79 Å². The van der Waals surface area contributed by atoms with E-state index in [9.17, 15) is 4.79 Å². The Morgan fingerprint density at radius 1 is 1.18 bits per heavy atom. The summed E-state index contributed by atoms with van der Waals surface area (Å²) in [5.74, 6) is -0.263. The number of carbonyl (C=O) groups is 1. The third-order valence-corrected chi connectivity index (χ3v) is 2.81. The molecule has 0 bridgehead atoms. The van der Waals surface area contributed by atoms with Crippen LogP contribution >= 0.6 is 12.6 Å². The Bertz CT molecular complexity index is 520. The van der Waals surface area contributed by atoms with E-state index in [1.54, 1.807) is 12.1 Å². The number of aromatic carboxylic acids is 1. The number of aromatic nitrogens is 1. The lowest BCUT2D eigenvalue weighted by Gasteiger charge is -2.02. The van der Waals surface area contributed by atoms with E-state index in [0.29, 0.717) is 5.75 Å². The molecule has 0 atom stereocenters.